The van der Waals surface area contributed by atoms with Gasteiger partial charge in [0.25, 0.3) is 0 Å². The maximum Gasteiger partial charge on any atom is 0.119 e. The van der Waals surface area contributed by atoms with Crippen LogP contribution >= 0.6 is 0 Å². The van der Waals surface area contributed by atoms with Crippen molar-refractivity contribution in [2.45, 2.75) is 13.8 Å². The van der Waals surface area contributed by atoms with E-state index < -0.39 is 0 Å². The molecule has 0 amide bonds. The molecule has 0 aliphatic heterocycles. The standard InChI is InChI=1S/C10H13N3O2/c1-6(12-13-7(2)11)8-3-9(14)5-10(15)4-8/h3-5,14-15H,1-2H3,(H2,11,13)/b12-6+. The molecule has 0 bridgehead atoms. The quantitative estimate of drug-likeness (QED) is 0.386. The van der Waals surface area contributed by atoms with Crippen molar-refractivity contribution in [3.8, 4) is 11.5 Å². The van der Waals surface area contributed by atoms with Crippen LogP contribution in [0.15, 0.2) is 28.4 Å². The lowest BCUT2D eigenvalue weighted by Gasteiger charge is -2.01. The molecule has 80 valence electrons. The molecule has 0 radical (unpaired) electrons. The SMILES string of the molecule is C/C(N)=N\N=C(/C)c1cc(O)cc(O)c1. The van der Waals surface area contributed by atoms with E-state index in [2.05, 4.69) is 10.2 Å². The van der Waals surface area contributed by atoms with E-state index in [9.17, 15) is 10.2 Å². The molecule has 0 saturated carbocycles. The van der Waals surface area contributed by atoms with Crippen LogP contribution in [0.1, 0.15) is 19.4 Å². The molecule has 0 aliphatic rings. The molecule has 0 fully saturated rings. The Morgan fingerprint density at radius 3 is 2.07 bits per heavy atom. The lowest BCUT2D eigenvalue weighted by atomic mass is 10.1. The number of nitrogens with zero attached hydrogens (tertiary/aromatic N) is 2. The average molecular weight is 207 g/mol. The van der Waals surface area contributed by atoms with E-state index in [0.717, 1.165) is 0 Å². The third-order valence-corrected chi connectivity index (χ3v) is 1.68. The minimum atomic E-state index is -0.0204. The Labute approximate surface area is 87.6 Å². The molecule has 0 aromatic heterocycles. The number of phenols is 2. The molecule has 1 aromatic rings. The first kappa shape index (κ1) is 11.0. The number of rotatable bonds is 2. The lowest BCUT2D eigenvalue weighted by molar-refractivity contribution is 0.450. The summed E-state index contributed by atoms with van der Waals surface area (Å²) in [5.74, 6) is 0.305. The zero-order valence-electron chi connectivity index (χ0n) is 8.60. The van der Waals surface area contributed by atoms with Crippen LogP contribution in [0.25, 0.3) is 0 Å². The second-order valence-corrected chi connectivity index (χ2v) is 3.16. The Balaban J connectivity index is 3.06. The molecule has 15 heavy (non-hydrogen) atoms. The normalized spacial score (nSPS) is 12.9. The number of hydrogen-bond donors (Lipinski definition) is 3. The van der Waals surface area contributed by atoms with Gasteiger partial charge in [0.2, 0.25) is 0 Å². The first-order valence-corrected chi connectivity index (χ1v) is 4.37. The van der Waals surface area contributed by atoms with Crippen LogP contribution in [0.4, 0.5) is 0 Å². The zero-order chi connectivity index (χ0) is 11.4. The van der Waals surface area contributed by atoms with E-state index in [1.54, 1.807) is 13.8 Å². The Morgan fingerprint density at radius 2 is 1.60 bits per heavy atom. The van der Waals surface area contributed by atoms with Gasteiger partial charge in [-0.2, -0.15) is 5.10 Å². The monoisotopic (exact) mass is 207 g/mol. The van der Waals surface area contributed by atoms with Crippen molar-refractivity contribution in [3.05, 3.63) is 23.8 Å². The molecule has 0 heterocycles. The minimum Gasteiger partial charge on any atom is -0.508 e. The van der Waals surface area contributed by atoms with Crippen molar-refractivity contribution in [1.29, 1.82) is 0 Å². The molecule has 1 aromatic carbocycles. The molecule has 0 unspecified atom stereocenters. The predicted octanol–water partition coefficient (Wildman–Crippen LogP) is 1.20. The Hall–Kier alpha value is -2.04. The van der Waals surface area contributed by atoms with Gasteiger partial charge in [-0.05, 0) is 26.0 Å². The summed E-state index contributed by atoms with van der Waals surface area (Å²) in [6.07, 6.45) is 0. The summed E-state index contributed by atoms with van der Waals surface area (Å²) < 4.78 is 0. The highest BCUT2D eigenvalue weighted by molar-refractivity contribution is 5.99. The minimum absolute atomic E-state index is 0.0204. The molecule has 0 spiro atoms. The fourth-order valence-electron chi connectivity index (χ4n) is 1.02. The van der Waals surface area contributed by atoms with E-state index in [1.807, 2.05) is 0 Å². The summed E-state index contributed by atoms with van der Waals surface area (Å²) in [4.78, 5) is 0. The third-order valence-electron chi connectivity index (χ3n) is 1.68. The van der Waals surface area contributed by atoms with Crippen molar-refractivity contribution >= 4 is 11.5 Å². The summed E-state index contributed by atoms with van der Waals surface area (Å²) >= 11 is 0. The Bertz CT molecular complexity index is 400. The molecule has 0 atom stereocenters. The van der Waals surface area contributed by atoms with Gasteiger partial charge in [-0.15, -0.1) is 5.10 Å². The van der Waals surface area contributed by atoms with Crippen LogP contribution in [-0.4, -0.2) is 21.8 Å². The van der Waals surface area contributed by atoms with Crippen molar-refractivity contribution < 1.29 is 10.2 Å². The number of amidine groups is 1. The molecular formula is C10H13N3O2. The van der Waals surface area contributed by atoms with Crippen molar-refractivity contribution in [2.75, 3.05) is 0 Å². The molecule has 5 heteroatoms. The van der Waals surface area contributed by atoms with Gasteiger partial charge in [0, 0.05) is 11.6 Å². The van der Waals surface area contributed by atoms with Gasteiger partial charge in [-0.1, -0.05) is 0 Å². The second-order valence-electron chi connectivity index (χ2n) is 3.16. The first-order chi connectivity index (χ1) is 6.99. The summed E-state index contributed by atoms with van der Waals surface area (Å²) in [6.45, 7) is 3.33. The van der Waals surface area contributed by atoms with Crippen LogP contribution in [0, 0.1) is 0 Å². The van der Waals surface area contributed by atoms with Crippen molar-refractivity contribution in [1.82, 2.24) is 0 Å². The summed E-state index contributed by atoms with van der Waals surface area (Å²) in [6, 6.07) is 4.22. The molecule has 5 nitrogen and oxygen atoms in total. The van der Waals surface area contributed by atoms with Gasteiger partial charge in [-0.25, -0.2) is 0 Å². The molecular weight excluding hydrogens is 194 g/mol. The van der Waals surface area contributed by atoms with Gasteiger partial charge in [-0.3, -0.25) is 0 Å². The van der Waals surface area contributed by atoms with Gasteiger partial charge >= 0.3 is 0 Å². The predicted molar refractivity (Wildman–Crippen MR) is 59.3 cm³/mol. The fourth-order valence-corrected chi connectivity index (χ4v) is 1.02. The number of aromatic hydroxyl groups is 2. The van der Waals surface area contributed by atoms with Crippen LogP contribution in [0.2, 0.25) is 0 Å². The van der Waals surface area contributed by atoms with E-state index in [1.165, 1.54) is 18.2 Å². The topological polar surface area (TPSA) is 91.2 Å². The maximum absolute atomic E-state index is 9.24. The summed E-state index contributed by atoms with van der Waals surface area (Å²) in [5.41, 5.74) is 6.48. The van der Waals surface area contributed by atoms with Crippen LogP contribution in [0.3, 0.4) is 0 Å². The maximum atomic E-state index is 9.24. The van der Waals surface area contributed by atoms with Crippen LogP contribution in [-0.2, 0) is 0 Å². The summed E-state index contributed by atoms with van der Waals surface area (Å²) in [7, 11) is 0. The van der Waals surface area contributed by atoms with Gasteiger partial charge in [0.15, 0.2) is 0 Å². The molecule has 4 N–H and O–H groups in total. The van der Waals surface area contributed by atoms with Crippen molar-refractivity contribution in [2.24, 2.45) is 15.9 Å². The summed E-state index contributed by atoms with van der Waals surface area (Å²) in [5, 5.41) is 26.0. The van der Waals surface area contributed by atoms with Gasteiger partial charge in [0.1, 0.15) is 17.3 Å². The molecule has 0 saturated heterocycles. The zero-order valence-corrected chi connectivity index (χ0v) is 8.60. The highest BCUT2D eigenvalue weighted by atomic mass is 16.3. The largest absolute Gasteiger partial charge is 0.508 e. The highest BCUT2D eigenvalue weighted by Crippen LogP contribution is 2.20. The third kappa shape index (κ3) is 3.30. The van der Waals surface area contributed by atoms with E-state index in [-0.39, 0.29) is 11.5 Å². The average Bonchev–Trinajstić information content (AvgIpc) is 2.12. The van der Waals surface area contributed by atoms with Crippen LogP contribution < -0.4 is 5.73 Å². The van der Waals surface area contributed by atoms with Gasteiger partial charge in [0.05, 0.1) is 5.71 Å². The van der Waals surface area contributed by atoms with E-state index >= 15 is 0 Å². The Morgan fingerprint density at radius 1 is 1.07 bits per heavy atom. The number of nitrogens with two attached hydrogens (primary N) is 1. The molecule has 0 aliphatic carbocycles. The van der Waals surface area contributed by atoms with E-state index in [4.69, 9.17) is 5.73 Å². The van der Waals surface area contributed by atoms with Crippen LogP contribution in [0.5, 0.6) is 11.5 Å². The lowest BCUT2D eigenvalue weighted by Crippen LogP contribution is -2.04. The highest BCUT2D eigenvalue weighted by Gasteiger charge is 2.01. The number of hydrogen-bond acceptors (Lipinski definition) is 4. The molecule has 1 rings (SSSR count). The van der Waals surface area contributed by atoms with E-state index in [0.29, 0.717) is 17.1 Å². The Kier molecular flexibility index (Phi) is 3.28. The number of benzene rings is 1. The first-order valence-electron chi connectivity index (χ1n) is 4.37. The van der Waals surface area contributed by atoms with Crippen molar-refractivity contribution in [3.63, 3.8) is 0 Å². The van der Waals surface area contributed by atoms with Gasteiger partial charge < -0.3 is 15.9 Å². The second kappa shape index (κ2) is 4.45. The number of phenolic OH excluding ortho intramolecular Hbond substituents is 2. The smallest absolute Gasteiger partial charge is 0.119 e. The fraction of sp³-hybridized carbons (Fsp3) is 0.200.